The quantitative estimate of drug-likeness (QED) is 0.141. The summed E-state index contributed by atoms with van der Waals surface area (Å²) < 4.78 is 77.8. The minimum absolute atomic E-state index is 0.0608. The highest BCUT2D eigenvalue weighted by atomic mass is 32.2. The molecule has 0 spiro atoms. The lowest BCUT2D eigenvalue weighted by Crippen LogP contribution is -2.49. The van der Waals surface area contributed by atoms with E-state index in [0.717, 1.165) is 6.26 Å². The molecule has 10 nitrogen and oxygen atoms in total. The number of aromatic nitrogens is 2. The molecule has 0 bridgehead atoms. The van der Waals surface area contributed by atoms with Crippen molar-refractivity contribution in [2.45, 2.75) is 44.3 Å². The Morgan fingerprint density at radius 2 is 1.74 bits per heavy atom. The first kappa shape index (κ1) is 34.8. The molecule has 1 fully saturated rings. The highest BCUT2D eigenvalue weighted by Crippen LogP contribution is 2.48. The van der Waals surface area contributed by atoms with Crippen LogP contribution in [0.2, 0.25) is 0 Å². The molecule has 260 valence electrons. The van der Waals surface area contributed by atoms with E-state index in [1.165, 1.54) is 54.1 Å². The van der Waals surface area contributed by atoms with Crippen LogP contribution in [-0.4, -0.2) is 62.6 Å². The average molecular weight is 707 g/mol. The summed E-state index contributed by atoms with van der Waals surface area (Å²) in [7, 11) is -2.36. The average Bonchev–Trinajstić information content (AvgIpc) is 3.45. The van der Waals surface area contributed by atoms with Crippen molar-refractivity contribution in [3.8, 4) is 22.5 Å². The fourth-order valence-electron chi connectivity index (χ4n) is 6.61. The monoisotopic (exact) mass is 706 g/mol. The Balaban J connectivity index is 1.47. The number of alkyl halides is 2. The predicted molar refractivity (Wildman–Crippen MR) is 181 cm³/mol. The van der Waals surface area contributed by atoms with Gasteiger partial charge in [-0.1, -0.05) is 18.2 Å². The van der Waals surface area contributed by atoms with Crippen LogP contribution in [-0.2, 0) is 20.2 Å². The number of furan rings is 1. The molecule has 1 amide bonds. The Labute approximate surface area is 286 Å². The van der Waals surface area contributed by atoms with Crippen LogP contribution in [0.3, 0.4) is 0 Å². The molecule has 14 heteroatoms. The zero-order valence-electron chi connectivity index (χ0n) is 27.3. The Bertz CT molecular complexity index is 2170. The summed E-state index contributed by atoms with van der Waals surface area (Å²) in [6, 6.07) is 16.8. The SMILES string of the molecule is CCN(c1cc2oc(-c3ccc(F)cc3)c(C(=O)NC)c2cc1-c1cccc(C(=O)CC2(c3ncccn3)CC(OC(F)F)C2)c1)S(C)(=O)=O. The molecule has 0 radical (unpaired) electrons. The maximum atomic E-state index is 13.9. The van der Waals surface area contributed by atoms with Gasteiger partial charge in [-0.2, -0.15) is 8.78 Å². The molecule has 3 aromatic carbocycles. The summed E-state index contributed by atoms with van der Waals surface area (Å²) >= 11 is 0. The molecular formula is C36H33F3N4O6S. The van der Waals surface area contributed by atoms with Crippen LogP contribution >= 0.6 is 0 Å². The van der Waals surface area contributed by atoms with Gasteiger partial charge in [-0.15, -0.1) is 0 Å². The molecule has 0 aliphatic heterocycles. The van der Waals surface area contributed by atoms with E-state index in [1.54, 1.807) is 43.3 Å². The predicted octanol–water partition coefficient (Wildman–Crippen LogP) is 6.75. The van der Waals surface area contributed by atoms with E-state index >= 15 is 0 Å². The Morgan fingerprint density at radius 1 is 1.04 bits per heavy atom. The molecule has 2 heterocycles. The molecule has 1 aliphatic carbocycles. The van der Waals surface area contributed by atoms with Crippen molar-refractivity contribution >= 4 is 38.4 Å². The number of benzene rings is 3. The van der Waals surface area contributed by atoms with Crippen molar-refractivity contribution < 1.29 is 40.3 Å². The molecule has 5 aromatic rings. The van der Waals surface area contributed by atoms with Gasteiger partial charge < -0.3 is 14.5 Å². The van der Waals surface area contributed by atoms with Crippen LogP contribution in [0.1, 0.15) is 52.7 Å². The Kier molecular flexibility index (Phi) is 9.51. The third-order valence-electron chi connectivity index (χ3n) is 8.89. The second kappa shape index (κ2) is 13.7. The van der Waals surface area contributed by atoms with E-state index in [1.807, 2.05) is 0 Å². The molecule has 0 unspecified atom stereocenters. The smallest absolute Gasteiger partial charge is 0.345 e. The molecular weight excluding hydrogens is 673 g/mol. The van der Waals surface area contributed by atoms with Crippen LogP contribution in [0, 0.1) is 5.82 Å². The zero-order chi connectivity index (χ0) is 35.8. The number of rotatable bonds is 12. The number of carbonyl (C=O) groups excluding carboxylic acids is 2. The molecule has 50 heavy (non-hydrogen) atoms. The van der Waals surface area contributed by atoms with Gasteiger partial charge in [0.2, 0.25) is 10.0 Å². The number of Topliss-reactive ketones (excluding diaryl/α,β-unsaturated/α-hetero) is 1. The van der Waals surface area contributed by atoms with Gasteiger partial charge in [-0.25, -0.2) is 22.8 Å². The van der Waals surface area contributed by atoms with E-state index in [2.05, 4.69) is 15.3 Å². The molecule has 0 saturated heterocycles. The van der Waals surface area contributed by atoms with Crippen LogP contribution in [0.15, 0.2) is 83.5 Å². The largest absolute Gasteiger partial charge is 0.455 e. The third kappa shape index (κ3) is 6.72. The lowest BCUT2D eigenvalue weighted by Gasteiger charge is -2.45. The number of amides is 1. The number of halogens is 3. The molecule has 2 aromatic heterocycles. The fourth-order valence-corrected chi connectivity index (χ4v) is 7.59. The zero-order valence-corrected chi connectivity index (χ0v) is 28.1. The summed E-state index contributed by atoms with van der Waals surface area (Å²) in [5.74, 6) is -0.739. The van der Waals surface area contributed by atoms with Gasteiger partial charge in [0.25, 0.3) is 5.91 Å². The van der Waals surface area contributed by atoms with Crippen molar-refractivity contribution in [1.29, 1.82) is 0 Å². The number of fused-ring (bicyclic) bond motifs is 1. The second-order valence-electron chi connectivity index (χ2n) is 12.1. The molecule has 1 saturated carbocycles. The standard InChI is InChI=1S/C36H33F3N4O6S/c1-4-43(50(3,46)47)28-17-30-27(31(33(45)40-2)32(49-30)21-9-11-24(37)12-10-21)16-26(28)22-7-5-8-23(15-22)29(44)20-36(34-41-13-6-14-42-34)18-25(19-36)48-35(38)39/h5-17,25,35H,4,18-20H2,1-3H3,(H,40,45). The number of nitrogens with zero attached hydrogens (tertiary/aromatic N) is 3. The van der Waals surface area contributed by atoms with E-state index < -0.39 is 39.9 Å². The molecule has 6 rings (SSSR count). The third-order valence-corrected chi connectivity index (χ3v) is 10.1. The van der Waals surface area contributed by atoms with Gasteiger partial charge in [0.05, 0.1) is 23.6 Å². The number of sulfonamides is 1. The summed E-state index contributed by atoms with van der Waals surface area (Å²) in [5, 5.41) is 2.98. The van der Waals surface area contributed by atoms with Crippen molar-refractivity contribution in [3.63, 3.8) is 0 Å². The normalized spacial score (nSPS) is 17.5. The minimum atomic E-state index is -3.81. The molecule has 1 aliphatic rings. The Hall–Kier alpha value is -5.08. The summed E-state index contributed by atoms with van der Waals surface area (Å²) in [4.78, 5) is 35.8. The van der Waals surface area contributed by atoms with Crippen LogP contribution in [0.4, 0.5) is 18.9 Å². The molecule has 1 N–H and O–H groups in total. The van der Waals surface area contributed by atoms with Crippen molar-refractivity contribution in [1.82, 2.24) is 15.3 Å². The highest BCUT2D eigenvalue weighted by Gasteiger charge is 2.50. The van der Waals surface area contributed by atoms with Crippen LogP contribution in [0.25, 0.3) is 33.4 Å². The van der Waals surface area contributed by atoms with Gasteiger partial charge in [0.15, 0.2) is 5.78 Å². The first-order chi connectivity index (χ1) is 23.8. The maximum absolute atomic E-state index is 13.9. The second-order valence-corrected chi connectivity index (χ2v) is 14.1. The number of ketones is 1. The van der Waals surface area contributed by atoms with Crippen LogP contribution in [0.5, 0.6) is 0 Å². The van der Waals surface area contributed by atoms with Crippen molar-refractivity contribution in [2.24, 2.45) is 0 Å². The summed E-state index contributed by atoms with van der Waals surface area (Å²) in [6.45, 7) is -1.22. The van der Waals surface area contributed by atoms with Gasteiger partial charge in [-0.05, 0) is 67.8 Å². The topological polar surface area (TPSA) is 132 Å². The summed E-state index contributed by atoms with van der Waals surface area (Å²) in [6.07, 6.45) is 3.55. The van der Waals surface area contributed by atoms with Crippen molar-refractivity contribution in [2.75, 3.05) is 24.2 Å². The first-order valence-electron chi connectivity index (χ1n) is 15.7. The fraction of sp³-hybridized carbons (Fsp3) is 0.278. The summed E-state index contributed by atoms with van der Waals surface area (Å²) in [5.41, 5.74) is 1.29. The number of hydrogen-bond donors (Lipinski definition) is 1. The number of ether oxygens (including phenoxy) is 1. The van der Waals surface area contributed by atoms with Gasteiger partial charge in [0, 0.05) is 66.0 Å². The van der Waals surface area contributed by atoms with E-state index in [9.17, 15) is 31.2 Å². The minimum Gasteiger partial charge on any atom is -0.455 e. The lowest BCUT2D eigenvalue weighted by atomic mass is 9.63. The Morgan fingerprint density at radius 3 is 2.36 bits per heavy atom. The number of hydrogen-bond acceptors (Lipinski definition) is 8. The van der Waals surface area contributed by atoms with E-state index in [4.69, 9.17) is 9.15 Å². The van der Waals surface area contributed by atoms with E-state index in [-0.39, 0.29) is 59.7 Å². The number of nitrogens with one attached hydrogen (secondary N) is 1. The lowest BCUT2D eigenvalue weighted by molar-refractivity contribution is -0.196. The van der Waals surface area contributed by atoms with Crippen LogP contribution < -0.4 is 9.62 Å². The van der Waals surface area contributed by atoms with Gasteiger partial charge in [-0.3, -0.25) is 13.9 Å². The molecule has 0 atom stereocenters. The maximum Gasteiger partial charge on any atom is 0.345 e. The number of anilines is 1. The number of carbonyl (C=O) groups is 2. The van der Waals surface area contributed by atoms with Gasteiger partial charge >= 0.3 is 6.61 Å². The highest BCUT2D eigenvalue weighted by molar-refractivity contribution is 7.92. The first-order valence-corrected chi connectivity index (χ1v) is 17.6. The van der Waals surface area contributed by atoms with Crippen molar-refractivity contribution in [3.05, 3.63) is 102 Å². The van der Waals surface area contributed by atoms with E-state index in [0.29, 0.717) is 27.9 Å². The van der Waals surface area contributed by atoms with Gasteiger partial charge in [0.1, 0.15) is 23.0 Å².